The number of carboxylic acids is 1. The highest BCUT2D eigenvalue weighted by atomic mass is 33.1. The maximum atomic E-state index is 9.87. The van der Waals surface area contributed by atoms with Gasteiger partial charge < -0.3 is 10.4 Å². The number of aliphatic carboxylic acids is 1. The quantitative estimate of drug-likeness (QED) is 0.312. The van der Waals surface area contributed by atoms with Gasteiger partial charge >= 0.3 is 5.97 Å². The van der Waals surface area contributed by atoms with Gasteiger partial charge in [0, 0.05) is 12.3 Å². The van der Waals surface area contributed by atoms with E-state index < -0.39 is 5.97 Å². The molecule has 0 heterocycles. The van der Waals surface area contributed by atoms with Gasteiger partial charge in [-0.3, -0.25) is 4.79 Å². The molecule has 0 aliphatic heterocycles. The van der Waals surface area contributed by atoms with E-state index in [2.05, 4.69) is 17.0 Å². The van der Waals surface area contributed by atoms with Gasteiger partial charge in [-0.15, -0.1) is 11.7 Å². The fourth-order valence-electron chi connectivity index (χ4n) is 0.313. The highest BCUT2D eigenvalue weighted by Gasteiger charge is 1.92. The third-order valence-corrected chi connectivity index (χ3v) is 1.58. The zero-order valence-electron chi connectivity index (χ0n) is 4.83. The van der Waals surface area contributed by atoms with E-state index >= 15 is 0 Å². The van der Waals surface area contributed by atoms with Crippen molar-refractivity contribution in [3.8, 4) is 0 Å². The fourth-order valence-corrected chi connectivity index (χ4v) is 0.823. The van der Waals surface area contributed by atoms with Crippen LogP contribution in [0.4, 0.5) is 0 Å². The van der Waals surface area contributed by atoms with Crippen molar-refractivity contribution in [2.75, 3.05) is 18.8 Å². The maximum Gasteiger partial charge on any atom is 0.317 e. The smallest absolute Gasteiger partial charge is 0.317 e. The summed E-state index contributed by atoms with van der Waals surface area (Å²) >= 11 is 3.87. The Kier molecular flexibility index (Phi) is 6.34. The van der Waals surface area contributed by atoms with Gasteiger partial charge in [-0.05, 0) is 0 Å². The number of carbonyl (C=O) groups is 1. The van der Waals surface area contributed by atoms with Gasteiger partial charge in [-0.2, -0.15) is 0 Å². The van der Waals surface area contributed by atoms with Crippen LogP contribution in [0.25, 0.3) is 0 Å². The van der Waals surface area contributed by atoms with E-state index in [0.29, 0.717) is 6.54 Å². The number of thiol groups is 1. The molecule has 0 aromatic rings. The molecule has 0 unspecified atom stereocenters. The normalized spacial score (nSPS) is 9.44. The molecule has 0 aromatic heterocycles. The largest absolute Gasteiger partial charge is 0.480 e. The second-order valence-corrected chi connectivity index (χ2v) is 2.84. The van der Waals surface area contributed by atoms with Crippen LogP contribution in [0.1, 0.15) is 0 Å². The Morgan fingerprint density at radius 3 is 2.89 bits per heavy atom. The number of hydrogen-bond acceptors (Lipinski definition) is 4. The van der Waals surface area contributed by atoms with Gasteiger partial charge in [0.05, 0.1) is 6.54 Å². The summed E-state index contributed by atoms with van der Waals surface area (Å²) < 4.78 is 0. The summed E-state index contributed by atoms with van der Waals surface area (Å²) in [5.74, 6) is 0.00953. The molecule has 0 rings (SSSR count). The Bertz CT molecular complexity index is 88.6. The molecule has 3 nitrogen and oxygen atoms in total. The Labute approximate surface area is 63.0 Å². The first-order chi connectivity index (χ1) is 4.27. The number of carboxylic acid groups (broad SMARTS) is 1. The molecule has 9 heavy (non-hydrogen) atoms. The molecule has 0 saturated carbocycles. The van der Waals surface area contributed by atoms with Crippen LogP contribution in [0, 0.1) is 0 Å². The third-order valence-electron chi connectivity index (χ3n) is 0.646. The van der Waals surface area contributed by atoms with E-state index in [-0.39, 0.29) is 6.54 Å². The van der Waals surface area contributed by atoms with Crippen LogP contribution in [0.5, 0.6) is 0 Å². The zero-order chi connectivity index (χ0) is 7.11. The molecule has 54 valence electrons. The van der Waals surface area contributed by atoms with E-state index in [1.165, 1.54) is 10.8 Å². The van der Waals surface area contributed by atoms with Crippen molar-refractivity contribution < 1.29 is 9.90 Å². The molecule has 0 bridgehead atoms. The fraction of sp³-hybridized carbons (Fsp3) is 0.750. The van der Waals surface area contributed by atoms with Crippen LogP contribution in [0.15, 0.2) is 0 Å². The first-order valence-electron chi connectivity index (χ1n) is 2.46. The van der Waals surface area contributed by atoms with Crippen LogP contribution in [-0.2, 0) is 4.79 Å². The average Bonchev–Trinajstić information content (AvgIpc) is 1.80. The standard InChI is InChI=1S/C4H9NO2S2/c6-4(7)3-5-1-2-9-8/h5,8H,1-3H2,(H,6,7). The predicted molar refractivity (Wildman–Crippen MR) is 41.9 cm³/mol. The summed E-state index contributed by atoms with van der Waals surface area (Å²) in [6.45, 7) is 0.731. The van der Waals surface area contributed by atoms with Crippen LogP contribution in [-0.4, -0.2) is 29.9 Å². The minimum Gasteiger partial charge on any atom is -0.480 e. The first-order valence-corrected chi connectivity index (χ1v) is 4.50. The summed E-state index contributed by atoms with van der Waals surface area (Å²) in [7, 11) is 1.39. The van der Waals surface area contributed by atoms with Crippen molar-refractivity contribution in [1.29, 1.82) is 0 Å². The summed E-state index contributed by atoms with van der Waals surface area (Å²) in [6, 6.07) is 0. The number of nitrogens with one attached hydrogen (secondary N) is 1. The average molecular weight is 167 g/mol. The Hall–Kier alpha value is 0.130. The highest BCUT2D eigenvalue weighted by Crippen LogP contribution is 2.00. The van der Waals surface area contributed by atoms with E-state index in [9.17, 15) is 4.79 Å². The van der Waals surface area contributed by atoms with Gasteiger partial charge in [0.25, 0.3) is 0 Å². The lowest BCUT2D eigenvalue weighted by molar-refractivity contribution is -0.135. The SMILES string of the molecule is O=C(O)CNCCSS. The monoisotopic (exact) mass is 167 g/mol. The molecule has 0 atom stereocenters. The van der Waals surface area contributed by atoms with Crippen molar-refractivity contribution in [3.05, 3.63) is 0 Å². The molecule has 0 aliphatic carbocycles. The molecule has 0 amide bonds. The molecule has 5 heteroatoms. The van der Waals surface area contributed by atoms with Gasteiger partial charge in [0.15, 0.2) is 0 Å². The summed E-state index contributed by atoms with van der Waals surface area (Å²) in [6.07, 6.45) is 0. The second kappa shape index (κ2) is 6.25. The van der Waals surface area contributed by atoms with Gasteiger partial charge in [0.1, 0.15) is 0 Å². The molecule has 0 radical (unpaired) electrons. The molecule has 0 spiro atoms. The van der Waals surface area contributed by atoms with Gasteiger partial charge in [-0.25, -0.2) is 0 Å². The summed E-state index contributed by atoms with van der Waals surface area (Å²) in [4.78, 5) is 9.87. The van der Waals surface area contributed by atoms with Crippen LogP contribution in [0.3, 0.4) is 0 Å². The topological polar surface area (TPSA) is 49.3 Å². The van der Waals surface area contributed by atoms with Crippen molar-refractivity contribution in [2.45, 2.75) is 0 Å². The third kappa shape index (κ3) is 8.13. The Balaban J connectivity index is 2.83. The Morgan fingerprint density at radius 2 is 2.44 bits per heavy atom. The highest BCUT2D eigenvalue weighted by molar-refractivity contribution is 8.68. The van der Waals surface area contributed by atoms with Crippen LogP contribution >= 0.6 is 22.5 Å². The molecule has 0 saturated heterocycles. The zero-order valence-corrected chi connectivity index (χ0v) is 6.54. The lowest BCUT2D eigenvalue weighted by atomic mass is 10.6. The number of rotatable bonds is 5. The number of hydrogen-bond donors (Lipinski definition) is 3. The molecule has 0 fully saturated rings. The molecule has 0 aliphatic rings. The lowest BCUT2D eigenvalue weighted by Crippen LogP contribution is -2.24. The van der Waals surface area contributed by atoms with E-state index in [0.717, 1.165) is 5.75 Å². The van der Waals surface area contributed by atoms with E-state index in [4.69, 9.17) is 5.11 Å². The lowest BCUT2D eigenvalue weighted by Gasteiger charge is -1.96. The van der Waals surface area contributed by atoms with Crippen LogP contribution < -0.4 is 5.32 Å². The summed E-state index contributed by atoms with van der Waals surface area (Å²) in [5, 5.41) is 10.8. The van der Waals surface area contributed by atoms with Gasteiger partial charge in [-0.1, -0.05) is 10.8 Å². The van der Waals surface area contributed by atoms with Gasteiger partial charge in [0.2, 0.25) is 0 Å². The summed E-state index contributed by atoms with van der Waals surface area (Å²) in [5.41, 5.74) is 0. The molecule has 0 aromatic carbocycles. The minimum atomic E-state index is -0.820. The minimum absolute atomic E-state index is 0.0360. The molecular formula is C4H9NO2S2. The predicted octanol–water partition coefficient (Wildman–Crippen LogP) is 0.239. The van der Waals surface area contributed by atoms with Crippen molar-refractivity contribution >= 4 is 28.4 Å². The molecular weight excluding hydrogens is 158 g/mol. The van der Waals surface area contributed by atoms with Crippen LogP contribution in [0.2, 0.25) is 0 Å². The van der Waals surface area contributed by atoms with E-state index in [1.807, 2.05) is 0 Å². The maximum absolute atomic E-state index is 9.87. The van der Waals surface area contributed by atoms with Crippen molar-refractivity contribution in [3.63, 3.8) is 0 Å². The second-order valence-electron chi connectivity index (χ2n) is 1.40. The van der Waals surface area contributed by atoms with Crippen molar-refractivity contribution in [1.82, 2.24) is 5.32 Å². The Morgan fingerprint density at radius 1 is 1.78 bits per heavy atom. The first kappa shape index (κ1) is 9.13. The van der Waals surface area contributed by atoms with E-state index in [1.54, 1.807) is 0 Å². The van der Waals surface area contributed by atoms with Crippen molar-refractivity contribution in [2.24, 2.45) is 0 Å². The molecule has 2 N–H and O–H groups in total.